The molecule has 0 unspecified atom stereocenters. The fourth-order valence-corrected chi connectivity index (χ4v) is 2.97. The number of hydrogen-bond donors (Lipinski definition) is 0. The van der Waals surface area contributed by atoms with E-state index in [4.69, 9.17) is 4.74 Å². The molecule has 0 saturated carbocycles. The Morgan fingerprint density at radius 3 is 2.43 bits per heavy atom. The predicted octanol–water partition coefficient (Wildman–Crippen LogP) is 3.97. The van der Waals surface area contributed by atoms with E-state index in [1.54, 1.807) is 6.92 Å². The third-order valence-electron chi connectivity index (χ3n) is 3.45. The summed E-state index contributed by atoms with van der Waals surface area (Å²) in [5.74, 6) is -0.405. The van der Waals surface area contributed by atoms with Crippen molar-refractivity contribution in [1.29, 1.82) is 0 Å². The number of nitrogens with zero attached hydrogens (tertiary/aromatic N) is 2. The number of carbonyl (C=O) groups is 1. The van der Waals surface area contributed by atoms with Crippen LogP contribution in [0, 0.1) is 0 Å². The lowest BCUT2D eigenvalue weighted by molar-refractivity contribution is 0.0518. The number of esters is 1. The zero-order chi connectivity index (χ0) is 16.1. The Labute approximate surface area is 138 Å². The lowest BCUT2D eigenvalue weighted by atomic mass is 10.0. The van der Waals surface area contributed by atoms with Crippen molar-refractivity contribution in [3.8, 4) is 11.1 Å². The summed E-state index contributed by atoms with van der Waals surface area (Å²) < 4.78 is 8.88. The molecule has 0 aliphatic rings. The fourth-order valence-electron chi connectivity index (χ4n) is 2.31. The quantitative estimate of drug-likeness (QED) is 0.666. The van der Waals surface area contributed by atoms with Gasteiger partial charge in [-0.3, -0.25) is 0 Å². The smallest absolute Gasteiger partial charge is 0.360 e. The molecule has 4 nitrogen and oxygen atoms in total. The molecule has 0 aliphatic heterocycles. The minimum absolute atomic E-state index is 0.323. The van der Waals surface area contributed by atoms with Crippen LogP contribution in [0.5, 0.6) is 0 Å². The molecule has 3 rings (SSSR count). The first-order valence-electron chi connectivity index (χ1n) is 7.40. The highest BCUT2D eigenvalue weighted by atomic mass is 32.1. The normalized spacial score (nSPS) is 10.5. The van der Waals surface area contributed by atoms with Crippen LogP contribution in [0.25, 0.3) is 11.1 Å². The number of benzene rings is 2. The molecule has 0 atom stereocenters. The van der Waals surface area contributed by atoms with Crippen LogP contribution in [0.15, 0.2) is 54.6 Å². The highest BCUT2D eigenvalue weighted by Crippen LogP contribution is 2.22. The Balaban J connectivity index is 1.77. The van der Waals surface area contributed by atoms with E-state index in [2.05, 4.69) is 46.0 Å². The molecule has 1 aromatic heterocycles. The van der Waals surface area contributed by atoms with Crippen molar-refractivity contribution in [2.24, 2.45) is 0 Å². The molecule has 1 heterocycles. The van der Waals surface area contributed by atoms with Crippen LogP contribution >= 0.6 is 11.5 Å². The molecule has 3 aromatic rings. The standard InChI is InChI=1S/C18H16N2O2S/c1-2-22-18(21)17-16(23-20-19-17)12-13-8-10-15(11-9-13)14-6-4-3-5-7-14/h3-11H,2,12H2,1H3. The Morgan fingerprint density at radius 1 is 1.04 bits per heavy atom. The third kappa shape index (κ3) is 3.63. The van der Waals surface area contributed by atoms with Crippen LogP contribution in [0.4, 0.5) is 0 Å². The zero-order valence-electron chi connectivity index (χ0n) is 12.7. The summed E-state index contributed by atoms with van der Waals surface area (Å²) in [6.45, 7) is 2.11. The lowest BCUT2D eigenvalue weighted by Gasteiger charge is -2.04. The molecular formula is C18H16N2O2S. The predicted molar refractivity (Wildman–Crippen MR) is 90.5 cm³/mol. The van der Waals surface area contributed by atoms with Gasteiger partial charge in [-0.25, -0.2) is 4.79 Å². The second-order valence-electron chi connectivity index (χ2n) is 5.00. The van der Waals surface area contributed by atoms with Crippen molar-refractivity contribution >= 4 is 17.5 Å². The molecule has 116 valence electrons. The molecule has 0 aliphatic carbocycles. The molecule has 2 aromatic carbocycles. The van der Waals surface area contributed by atoms with E-state index in [1.165, 1.54) is 22.7 Å². The molecule has 0 N–H and O–H groups in total. The van der Waals surface area contributed by atoms with Gasteiger partial charge < -0.3 is 4.74 Å². The second-order valence-corrected chi connectivity index (χ2v) is 5.84. The SMILES string of the molecule is CCOC(=O)c1nnsc1Cc1ccc(-c2ccccc2)cc1. The summed E-state index contributed by atoms with van der Waals surface area (Å²) in [6, 6.07) is 18.5. The van der Waals surface area contributed by atoms with E-state index in [9.17, 15) is 4.79 Å². The van der Waals surface area contributed by atoms with Crippen molar-refractivity contribution < 1.29 is 9.53 Å². The summed E-state index contributed by atoms with van der Waals surface area (Å²) >= 11 is 1.24. The first-order valence-corrected chi connectivity index (χ1v) is 8.18. The van der Waals surface area contributed by atoms with Gasteiger partial charge >= 0.3 is 5.97 Å². The zero-order valence-corrected chi connectivity index (χ0v) is 13.5. The van der Waals surface area contributed by atoms with Crippen LogP contribution < -0.4 is 0 Å². The van der Waals surface area contributed by atoms with Gasteiger partial charge in [0.2, 0.25) is 0 Å². The number of carbonyl (C=O) groups excluding carboxylic acids is 1. The maximum Gasteiger partial charge on any atom is 0.360 e. The topological polar surface area (TPSA) is 52.1 Å². The van der Waals surface area contributed by atoms with E-state index in [0.29, 0.717) is 18.7 Å². The van der Waals surface area contributed by atoms with Crippen molar-refractivity contribution in [3.05, 3.63) is 70.7 Å². The van der Waals surface area contributed by atoms with Gasteiger partial charge in [0, 0.05) is 6.42 Å². The highest BCUT2D eigenvalue weighted by Gasteiger charge is 2.17. The van der Waals surface area contributed by atoms with Gasteiger partial charge in [-0.15, -0.1) is 5.10 Å². The van der Waals surface area contributed by atoms with Crippen LogP contribution in [0.2, 0.25) is 0 Å². The van der Waals surface area contributed by atoms with E-state index >= 15 is 0 Å². The summed E-state index contributed by atoms with van der Waals surface area (Å²) in [7, 11) is 0. The molecular weight excluding hydrogens is 308 g/mol. The van der Waals surface area contributed by atoms with Gasteiger partial charge in [-0.2, -0.15) is 0 Å². The van der Waals surface area contributed by atoms with E-state index in [1.807, 2.05) is 18.2 Å². The minimum atomic E-state index is -0.405. The molecule has 0 fully saturated rings. The Bertz CT molecular complexity index is 782. The van der Waals surface area contributed by atoms with Crippen molar-refractivity contribution in [2.75, 3.05) is 6.61 Å². The summed E-state index contributed by atoms with van der Waals surface area (Å²) in [4.78, 5) is 12.7. The van der Waals surface area contributed by atoms with E-state index in [0.717, 1.165) is 10.4 Å². The van der Waals surface area contributed by atoms with Gasteiger partial charge in [0.25, 0.3) is 0 Å². The van der Waals surface area contributed by atoms with Crippen LogP contribution in [0.1, 0.15) is 27.9 Å². The van der Waals surface area contributed by atoms with Gasteiger partial charge in [0.1, 0.15) is 0 Å². The van der Waals surface area contributed by atoms with E-state index in [-0.39, 0.29) is 0 Å². The third-order valence-corrected chi connectivity index (χ3v) is 4.17. The average Bonchev–Trinajstić information content (AvgIpc) is 3.05. The highest BCUT2D eigenvalue weighted by molar-refractivity contribution is 7.05. The molecule has 0 spiro atoms. The largest absolute Gasteiger partial charge is 0.461 e. The Morgan fingerprint density at radius 2 is 1.74 bits per heavy atom. The van der Waals surface area contributed by atoms with Crippen LogP contribution in [-0.4, -0.2) is 22.2 Å². The first-order chi connectivity index (χ1) is 11.3. The molecule has 0 saturated heterocycles. The number of hydrogen-bond acceptors (Lipinski definition) is 5. The maximum absolute atomic E-state index is 11.8. The maximum atomic E-state index is 11.8. The summed E-state index contributed by atoms with van der Waals surface area (Å²) in [6.07, 6.45) is 0.626. The molecule has 0 bridgehead atoms. The van der Waals surface area contributed by atoms with Crippen LogP contribution in [0.3, 0.4) is 0 Å². The summed E-state index contributed by atoms with van der Waals surface area (Å²) in [5.41, 5.74) is 3.79. The van der Waals surface area contributed by atoms with Gasteiger partial charge in [0.05, 0.1) is 11.5 Å². The van der Waals surface area contributed by atoms with Crippen molar-refractivity contribution in [2.45, 2.75) is 13.3 Å². The second kappa shape index (κ2) is 7.15. The Kier molecular flexibility index (Phi) is 4.78. The number of rotatable bonds is 5. The molecule has 0 radical (unpaired) electrons. The van der Waals surface area contributed by atoms with Crippen molar-refractivity contribution in [3.63, 3.8) is 0 Å². The van der Waals surface area contributed by atoms with Gasteiger partial charge in [-0.1, -0.05) is 59.1 Å². The fraction of sp³-hybridized carbons (Fsp3) is 0.167. The molecule has 23 heavy (non-hydrogen) atoms. The molecule has 5 heteroatoms. The van der Waals surface area contributed by atoms with Crippen molar-refractivity contribution in [1.82, 2.24) is 9.59 Å². The van der Waals surface area contributed by atoms with Crippen LogP contribution in [-0.2, 0) is 11.2 Å². The Hall–Kier alpha value is -2.53. The minimum Gasteiger partial charge on any atom is -0.461 e. The number of aromatic nitrogens is 2. The lowest BCUT2D eigenvalue weighted by Crippen LogP contribution is -2.08. The van der Waals surface area contributed by atoms with E-state index < -0.39 is 5.97 Å². The number of ether oxygens (including phenoxy) is 1. The molecule has 0 amide bonds. The monoisotopic (exact) mass is 324 g/mol. The van der Waals surface area contributed by atoms with Gasteiger partial charge in [-0.05, 0) is 35.1 Å². The first kappa shape index (κ1) is 15.4. The van der Waals surface area contributed by atoms with Gasteiger partial charge in [0.15, 0.2) is 5.69 Å². The average molecular weight is 324 g/mol. The summed E-state index contributed by atoms with van der Waals surface area (Å²) in [5, 5.41) is 3.89.